The van der Waals surface area contributed by atoms with Crippen molar-refractivity contribution < 1.29 is 27.5 Å². The van der Waals surface area contributed by atoms with Gasteiger partial charge in [-0.25, -0.2) is 13.2 Å². The predicted molar refractivity (Wildman–Crippen MR) is 112 cm³/mol. The standard InChI is InChI=1S/C20H21ClN2O6S/c1-28-18-8-6-14(30(26,27)23-9-3-4-10-23)12-15(18)19(24)22-17-11-13(20(25)29-2)5-7-16(17)21/h5-8,11-12H,3-4,9-10H2,1-2H3,(H,22,24). The molecule has 30 heavy (non-hydrogen) atoms. The first kappa shape index (κ1) is 22.1. The van der Waals surface area contributed by atoms with Gasteiger partial charge in [-0.15, -0.1) is 0 Å². The summed E-state index contributed by atoms with van der Waals surface area (Å²) < 4.78 is 37.0. The van der Waals surface area contributed by atoms with Crippen LogP contribution in [0.5, 0.6) is 5.75 Å². The number of methoxy groups -OCH3 is 2. The van der Waals surface area contributed by atoms with E-state index in [-0.39, 0.29) is 32.5 Å². The van der Waals surface area contributed by atoms with E-state index in [2.05, 4.69) is 10.1 Å². The van der Waals surface area contributed by atoms with Crippen molar-refractivity contribution in [1.82, 2.24) is 4.31 Å². The van der Waals surface area contributed by atoms with Gasteiger partial charge in [0.25, 0.3) is 5.91 Å². The molecule has 0 bridgehead atoms. The Bertz CT molecular complexity index is 1080. The number of hydrogen-bond donors (Lipinski definition) is 1. The molecule has 0 atom stereocenters. The second-order valence-corrected chi connectivity index (χ2v) is 8.96. The SMILES string of the molecule is COC(=O)c1ccc(Cl)c(NC(=O)c2cc(S(=O)(=O)N3CCCC3)ccc2OC)c1. The minimum Gasteiger partial charge on any atom is -0.496 e. The van der Waals surface area contributed by atoms with Crippen LogP contribution in [0.25, 0.3) is 0 Å². The third-order valence-electron chi connectivity index (χ3n) is 4.75. The second-order valence-electron chi connectivity index (χ2n) is 6.61. The second kappa shape index (κ2) is 9.03. The summed E-state index contributed by atoms with van der Waals surface area (Å²) in [5.74, 6) is -1.01. The third-order valence-corrected chi connectivity index (χ3v) is 6.98. The number of carbonyl (C=O) groups excluding carboxylic acids is 2. The zero-order chi connectivity index (χ0) is 21.9. The number of hydrogen-bond acceptors (Lipinski definition) is 6. The summed E-state index contributed by atoms with van der Waals surface area (Å²) in [7, 11) is -1.09. The molecule has 0 saturated carbocycles. The van der Waals surface area contributed by atoms with E-state index in [1.807, 2.05) is 0 Å². The molecule has 8 nitrogen and oxygen atoms in total. The summed E-state index contributed by atoms with van der Waals surface area (Å²) in [5, 5.41) is 2.81. The van der Waals surface area contributed by atoms with Crippen LogP contribution >= 0.6 is 11.6 Å². The maximum Gasteiger partial charge on any atom is 0.337 e. The number of ether oxygens (including phenoxy) is 2. The van der Waals surface area contributed by atoms with Crippen molar-refractivity contribution in [2.75, 3.05) is 32.6 Å². The summed E-state index contributed by atoms with van der Waals surface area (Å²) in [6.45, 7) is 0.900. The van der Waals surface area contributed by atoms with Crippen molar-refractivity contribution in [3.05, 3.63) is 52.5 Å². The maximum absolute atomic E-state index is 12.9. The van der Waals surface area contributed by atoms with Gasteiger partial charge >= 0.3 is 5.97 Å². The van der Waals surface area contributed by atoms with E-state index < -0.39 is 21.9 Å². The Balaban J connectivity index is 1.95. The lowest BCUT2D eigenvalue weighted by atomic mass is 10.1. The van der Waals surface area contributed by atoms with Crippen LogP contribution in [0.3, 0.4) is 0 Å². The van der Waals surface area contributed by atoms with Crippen LogP contribution in [0.4, 0.5) is 5.69 Å². The van der Waals surface area contributed by atoms with Crippen molar-refractivity contribution in [2.45, 2.75) is 17.7 Å². The number of anilines is 1. The average Bonchev–Trinajstić information content (AvgIpc) is 3.30. The molecule has 1 amide bonds. The van der Waals surface area contributed by atoms with E-state index in [0.29, 0.717) is 13.1 Å². The summed E-state index contributed by atoms with van der Waals surface area (Å²) in [4.78, 5) is 24.7. The van der Waals surface area contributed by atoms with Crippen molar-refractivity contribution in [1.29, 1.82) is 0 Å². The van der Waals surface area contributed by atoms with Gasteiger partial charge in [-0.2, -0.15) is 4.31 Å². The maximum atomic E-state index is 12.9. The Morgan fingerprint density at radius 1 is 1.07 bits per heavy atom. The van der Waals surface area contributed by atoms with Crippen molar-refractivity contribution >= 4 is 39.2 Å². The highest BCUT2D eigenvalue weighted by Crippen LogP contribution is 2.29. The van der Waals surface area contributed by atoms with Crippen LogP contribution in [0.15, 0.2) is 41.3 Å². The van der Waals surface area contributed by atoms with Gasteiger partial charge < -0.3 is 14.8 Å². The number of nitrogens with one attached hydrogen (secondary N) is 1. The first-order valence-electron chi connectivity index (χ1n) is 9.15. The molecule has 1 N–H and O–H groups in total. The quantitative estimate of drug-likeness (QED) is 0.675. The van der Waals surface area contributed by atoms with Crippen LogP contribution in [0.1, 0.15) is 33.6 Å². The number of esters is 1. The fourth-order valence-electron chi connectivity index (χ4n) is 3.16. The summed E-state index contributed by atoms with van der Waals surface area (Å²) in [5.41, 5.74) is 0.409. The first-order chi connectivity index (χ1) is 14.3. The fraction of sp³-hybridized carbons (Fsp3) is 0.300. The van der Waals surface area contributed by atoms with Gasteiger partial charge in [-0.3, -0.25) is 4.79 Å². The molecule has 1 saturated heterocycles. The number of amides is 1. The molecule has 0 radical (unpaired) electrons. The molecular weight excluding hydrogens is 432 g/mol. The van der Waals surface area contributed by atoms with E-state index in [1.54, 1.807) is 0 Å². The Morgan fingerprint density at radius 3 is 2.40 bits per heavy atom. The lowest BCUT2D eigenvalue weighted by Gasteiger charge is -2.17. The Morgan fingerprint density at radius 2 is 1.77 bits per heavy atom. The van der Waals surface area contributed by atoms with Crippen molar-refractivity contribution in [3.8, 4) is 5.75 Å². The van der Waals surface area contributed by atoms with Gasteiger partial charge in [-0.1, -0.05) is 11.6 Å². The van der Waals surface area contributed by atoms with Gasteiger partial charge in [0.2, 0.25) is 10.0 Å². The van der Waals surface area contributed by atoms with E-state index in [4.69, 9.17) is 16.3 Å². The predicted octanol–water partition coefficient (Wildman–Crippen LogP) is 3.17. The molecule has 3 rings (SSSR count). The van der Waals surface area contributed by atoms with Crippen molar-refractivity contribution in [2.24, 2.45) is 0 Å². The number of benzene rings is 2. The minimum atomic E-state index is -3.71. The molecule has 1 aliphatic rings. The van der Waals surface area contributed by atoms with Crippen LogP contribution in [0.2, 0.25) is 5.02 Å². The molecule has 160 valence electrons. The smallest absolute Gasteiger partial charge is 0.337 e. The van der Waals surface area contributed by atoms with E-state index in [1.165, 1.54) is 54.9 Å². The molecule has 2 aromatic rings. The molecule has 1 aliphatic heterocycles. The topological polar surface area (TPSA) is 102 Å². The molecule has 0 aliphatic carbocycles. The molecule has 0 unspecified atom stereocenters. The molecule has 0 aromatic heterocycles. The molecule has 1 heterocycles. The minimum absolute atomic E-state index is 0.00441. The Hall–Kier alpha value is -2.62. The van der Waals surface area contributed by atoms with Gasteiger partial charge in [0.05, 0.1) is 41.0 Å². The molecule has 0 spiro atoms. The number of carbonyl (C=O) groups is 2. The zero-order valence-electron chi connectivity index (χ0n) is 16.5. The lowest BCUT2D eigenvalue weighted by molar-refractivity contribution is 0.0600. The van der Waals surface area contributed by atoms with Crippen LogP contribution in [-0.4, -0.2) is 51.9 Å². The molecule has 2 aromatic carbocycles. The lowest BCUT2D eigenvalue weighted by Crippen LogP contribution is -2.28. The van der Waals surface area contributed by atoms with Crippen molar-refractivity contribution in [3.63, 3.8) is 0 Å². The van der Waals surface area contributed by atoms with Gasteiger partial charge in [0.15, 0.2) is 0 Å². The molecule has 10 heteroatoms. The highest BCUT2D eigenvalue weighted by molar-refractivity contribution is 7.89. The fourth-order valence-corrected chi connectivity index (χ4v) is 4.87. The average molecular weight is 453 g/mol. The van der Waals surface area contributed by atoms with E-state index in [9.17, 15) is 18.0 Å². The highest BCUT2D eigenvalue weighted by Gasteiger charge is 2.28. The normalized spacial score (nSPS) is 14.4. The van der Waals surface area contributed by atoms with Crippen LogP contribution in [0, 0.1) is 0 Å². The number of nitrogens with zero attached hydrogens (tertiary/aromatic N) is 1. The summed E-state index contributed by atoms with van der Waals surface area (Å²) in [6, 6.07) is 8.42. The zero-order valence-corrected chi connectivity index (χ0v) is 18.0. The largest absolute Gasteiger partial charge is 0.496 e. The van der Waals surface area contributed by atoms with E-state index >= 15 is 0 Å². The molecule has 1 fully saturated rings. The number of rotatable bonds is 6. The first-order valence-corrected chi connectivity index (χ1v) is 11.0. The van der Waals surface area contributed by atoms with Gasteiger partial charge in [0, 0.05) is 13.1 Å². The van der Waals surface area contributed by atoms with Gasteiger partial charge in [0.1, 0.15) is 5.75 Å². The Kier molecular flexibility index (Phi) is 6.64. The highest BCUT2D eigenvalue weighted by atomic mass is 35.5. The molecular formula is C20H21ClN2O6S. The summed E-state index contributed by atoms with van der Waals surface area (Å²) >= 11 is 6.14. The van der Waals surface area contributed by atoms with Gasteiger partial charge in [-0.05, 0) is 49.2 Å². The Labute approximate surface area is 179 Å². The monoisotopic (exact) mass is 452 g/mol. The van der Waals surface area contributed by atoms with Crippen LogP contribution in [-0.2, 0) is 14.8 Å². The summed E-state index contributed by atoms with van der Waals surface area (Å²) in [6.07, 6.45) is 1.61. The van der Waals surface area contributed by atoms with Crippen LogP contribution < -0.4 is 10.1 Å². The number of sulfonamides is 1. The number of halogens is 1. The third kappa shape index (κ3) is 4.43. The van der Waals surface area contributed by atoms with E-state index in [0.717, 1.165) is 12.8 Å².